The molecule has 82 valence electrons. The summed E-state index contributed by atoms with van der Waals surface area (Å²) in [7, 11) is 0. The molecular formula is C9H18N2O3. The molecule has 0 saturated carbocycles. The van der Waals surface area contributed by atoms with E-state index in [2.05, 4.69) is 5.32 Å². The van der Waals surface area contributed by atoms with E-state index < -0.39 is 11.4 Å². The summed E-state index contributed by atoms with van der Waals surface area (Å²) >= 11 is 0. The van der Waals surface area contributed by atoms with Crippen LogP contribution >= 0.6 is 0 Å². The average Bonchev–Trinajstić information content (AvgIpc) is 2.19. The highest BCUT2D eigenvalue weighted by Crippen LogP contribution is 2.25. The van der Waals surface area contributed by atoms with E-state index in [9.17, 15) is 9.59 Å². The van der Waals surface area contributed by atoms with Gasteiger partial charge < -0.3 is 16.2 Å². The topological polar surface area (TPSA) is 92.4 Å². The molecule has 0 spiro atoms. The van der Waals surface area contributed by atoms with Gasteiger partial charge in [0.1, 0.15) is 0 Å². The van der Waals surface area contributed by atoms with Gasteiger partial charge in [-0.3, -0.25) is 9.59 Å². The fourth-order valence-electron chi connectivity index (χ4n) is 1.22. The zero-order valence-corrected chi connectivity index (χ0v) is 8.67. The number of carbonyl (C=O) groups is 2. The molecule has 1 amide bonds. The van der Waals surface area contributed by atoms with E-state index >= 15 is 0 Å². The van der Waals surface area contributed by atoms with Crippen LogP contribution in [-0.2, 0) is 9.59 Å². The second-order valence-corrected chi connectivity index (χ2v) is 3.27. The number of nitrogens with two attached hydrogens (primary N) is 1. The summed E-state index contributed by atoms with van der Waals surface area (Å²) < 4.78 is 0. The van der Waals surface area contributed by atoms with Crippen LogP contribution in [0.15, 0.2) is 0 Å². The lowest BCUT2D eigenvalue weighted by molar-refractivity contribution is -0.149. The first kappa shape index (κ1) is 12.9. The summed E-state index contributed by atoms with van der Waals surface area (Å²) in [6.07, 6.45) is 0.980. The minimum atomic E-state index is -0.875. The van der Waals surface area contributed by atoms with Crippen molar-refractivity contribution in [2.24, 2.45) is 11.1 Å². The van der Waals surface area contributed by atoms with E-state index in [4.69, 9.17) is 10.8 Å². The van der Waals surface area contributed by atoms with E-state index in [1.165, 1.54) is 0 Å². The number of nitrogens with one attached hydrogen (secondary N) is 1. The standard InChI is InChI=1S/C9H18N2O3/c1-3-9(4-2,8(13)14)6-11-7(12)5-10/h3-6,10H2,1-2H3,(H,11,12)(H,13,14). The number of hydrogen-bond acceptors (Lipinski definition) is 3. The molecule has 0 atom stereocenters. The lowest BCUT2D eigenvalue weighted by Gasteiger charge is -2.26. The molecule has 0 heterocycles. The number of carboxylic acid groups (broad SMARTS) is 1. The number of rotatable bonds is 6. The van der Waals surface area contributed by atoms with E-state index in [-0.39, 0.29) is 19.0 Å². The molecule has 5 heteroatoms. The summed E-state index contributed by atoms with van der Waals surface area (Å²) in [5.74, 6) is -1.20. The maximum Gasteiger partial charge on any atom is 0.311 e. The third kappa shape index (κ3) is 2.99. The molecule has 0 aromatic heterocycles. The van der Waals surface area contributed by atoms with Crippen molar-refractivity contribution in [1.82, 2.24) is 5.32 Å². The lowest BCUT2D eigenvalue weighted by atomic mass is 9.82. The Balaban J connectivity index is 4.37. The summed E-state index contributed by atoms with van der Waals surface area (Å²) in [5, 5.41) is 11.5. The third-order valence-electron chi connectivity index (χ3n) is 2.62. The summed E-state index contributed by atoms with van der Waals surface area (Å²) in [5.41, 5.74) is 4.24. The van der Waals surface area contributed by atoms with Gasteiger partial charge in [0.2, 0.25) is 5.91 Å². The molecule has 5 nitrogen and oxygen atoms in total. The van der Waals surface area contributed by atoms with Crippen molar-refractivity contribution < 1.29 is 14.7 Å². The first-order valence-electron chi connectivity index (χ1n) is 4.72. The van der Waals surface area contributed by atoms with E-state index in [1.54, 1.807) is 13.8 Å². The second-order valence-electron chi connectivity index (χ2n) is 3.27. The maximum atomic E-state index is 11.0. The second kappa shape index (κ2) is 5.59. The van der Waals surface area contributed by atoms with Gasteiger partial charge in [-0.2, -0.15) is 0 Å². The zero-order chi connectivity index (χ0) is 11.2. The normalized spacial score (nSPS) is 11.1. The van der Waals surface area contributed by atoms with Gasteiger partial charge in [-0.1, -0.05) is 13.8 Å². The Morgan fingerprint density at radius 2 is 1.86 bits per heavy atom. The minimum absolute atomic E-state index is 0.108. The van der Waals surface area contributed by atoms with Crippen molar-refractivity contribution in [1.29, 1.82) is 0 Å². The van der Waals surface area contributed by atoms with Gasteiger partial charge in [-0.25, -0.2) is 0 Å². The minimum Gasteiger partial charge on any atom is -0.481 e. The lowest BCUT2D eigenvalue weighted by Crippen LogP contribution is -2.44. The molecule has 0 aromatic rings. The largest absolute Gasteiger partial charge is 0.481 e. The third-order valence-corrected chi connectivity index (χ3v) is 2.62. The summed E-state index contributed by atoms with van der Waals surface area (Å²) in [6, 6.07) is 0. The van der Waals surface area contributed by atoms with Crippen molar-refractivity contribution >= 4 is 11.9 Å². The maximum absolute atomic E-state index is 11.0. The monoisotopic (exact) mass is 202 g/mol. The van der Waals surface area contributed by atoms with Crippen LogP contribution < -0.4 is 11.1 Å². The molecule has 0 unspecified atom stereocenters. The fourth-order valence-corrected chi connectivity index (χ4v) is 1.22. The highest BCUT2D eigenvalue weighted by atomic mass is 16.4. The number of carboxylic acids is 1. The fraction of sp³-hybridized carbons (Fsp3) is 0.778. The molecule has 14 heavy (non-hydrogen) atoms. The van der Waals surface area contributed by atoms with Crippen molar-refractivity contribution in [3.8, 4) is 0 Å². The highest BCUT2D eigenvalue weighted by molar-refractivity contribution is 5.80. The predicted molar refractivity (Wildman–Crippen MR) is 52.7 cm³/mol. The summed E-state index contributed by atoms with van der Waals surface area (Å²) in [6.45, 7) is 3.63. The molecule has 0 rings (SSSR count). The smallest absolute Gasteiger partial charge is 0.311 e. The summed E-state index contributed by atoms with van der Waals surface area (Å²) in [4.78, 5) is 21.9. The SMILES string of the molecule is CCC(CC)(CNC(=O)CN)C(=O)O. The Bertz CT molecular complexity index is 212. The molecule has 0 radical (unpaired) electrons. The van der Waals surface area contributed by atoms with Crippen molar-refractivity contribution in [3.63, 3.8) is 0 Å². The van der Waals surface area contributed by atoms with E-state index in [1.807, 2.05) is 0 Å². The van der Waals surface area contributed by atoms with Crippen molar-refractivity contribution in [2.45, 2.75) is 26.7 Å². The van der Waals surface area contributed by atoms with E-state index in [0.717, 1.165) is 0 Å². The Labute approximate surface area is 83.7 Å². The van der Waals surface area contributed by atoms with Gasteiger partial charge in [0.05, 0.1) is 12.0 Å². The first-order valence-corrected chi connectivity index (χ1v) is 4.72. The van der Waals surface area contributed by atoms with Crippen LogP contribution in [0.4, 0.5) is 0 Å². The molecule has 0 saturated heterocycles. The Kier molecular flexibility index (Phi) is 5.15. The van der Waals surface area contributed by atoms with E-state index in [0.29, 0.717) is 12.8 Å². The molecule has 0 bridgehead atoms. The zero-order valence-electron chi connectivity index (χ0n) is 8.67. The molecule has 0 aliphatic carbocycles. The first-order chi connectivity index (χ1) is 6.52. The van der Waals surface area contributed by atoms with Crippen molar-refractivity contribution in [3.05, 3.63) is 0 Å². The highest BCUT2D eigenvalue weighted by Gasteiger charge is 2.34. The van der Waals surface area contributed by atoms with Gasteiger partial charge in [0.15, 0.2) is 0 Å². The van der Waals surface area contributed by atoms with Gasteiger partial charge in [0, 0.05) is 6.54 Å². The molecular weight excluding hydrogens is 184 g/mol. The Morgan fingerprint density at radius 1 is 1.36 bits per heavy atom. The van der Waals surface area contributed by atoms with Crippen molar-refractivity contribution in [2.75, 3.05) is 13.1 Å². The number of hydrogen-bond donors (Lipinski definition) is 3. The Morgan fingerprint density at radius 3 is 2.14 bits per heavy atom. The number of aliphatic carboxylic acids is 1. The predicted octanol–water partition coefficient (Wildman–Crippen LogP) is -0.0477. The molecule has 4 N–H and O–H groups in total. The molecule has 0 aliphatic heterocycles. The van der Waals surface area contributed by atoms with Gasteiger partial charge in [0.25, 0.3) is 0 Å². The molecule has 0 fully saturated rings. The van der Waals surface area contributed by atoms with Crippen LogP contribution in [0.5, 0.6) is 0 Å². The Hall–Kier alpha value is -1.10. The van der Waals surface area contributed by atoms with Crippen LogP contribution in [0, 0.1) is 5.41 Å². The van der Waals surface area contributed by atoms with Crippen LogP contribution in [0.3, 0.4) is 0 Å². The number of amides is 1. The van der Waals surface area contributed by atoms with Crippen LogP contribution in [-0.4, -0.2) is 30.1 Å². The quantitative estimate of drug-likeness (QED) is 0.563. The average molecular weight is 202 g/mol. The molecule has 0 aliphatic rings. The van der Waals surface area contributed by atoms with Gasteiger partial charge in [-0.15, -0.1) is 0 Å². The van der Waals surface area contributed by atoms with Gasteiger partial charge in [-0.05, 0) is 12.8 Å². The van der Waals surface area contributed by atoms with Gasteiger partial charge >= 0.3 is 5.97 Å². The number of carbonyl (C=O) groups excluding carboxylic acids is 1. The molecule has 0 aromatic carbocycles. The van der Waals surface area contributed by atoms with Crippen LogP contribution in [0.2, 0.25) is 0 Å². The van der Waals surface area contributed by atoms with Crippen LogP contribution in [0.25, 0.3) is 0 Å². The van der Waals surface area contributed by atoms with Crippen LogP contribution in [0.1, 0.15) is 26.7 Å².